The topological polar surface area (TPSA) is 76.7 Å². The molecular formula is C19H14ClFO5. The maximum absolute atomic E-state index is 13.1. The number of fused-ring (bicyclic) bond motifs is 1. The molecule has 0 bridgehead atoms. The lowest BCUT2D eigenvalue weighted by Gasteiger charge is -2.10. The Hall–Kier alpha value is -2.86. The van der Waals surface area contributed by atoms with Crippen LogP contribution in [0.15, 0.2) is 45.6 Å². The molecule has 0 aliphatic heterocycles. The first kappa shape index (κ1) is 17.9. The van der Waals surface area contributed by atoms with Gasteiger partial charge in [-0.2, -0.15) is 0 Å². The second kappa shape index (κ2) is 7.17. The first-order valence-electron chi connectivity index (χ1n) is 7.70. The van der Waals surface area contributed by atoms with Gasteiger partial charge in [-0.05, 0) is 36.8 Å². The van der Waals surface area contributed by atoms with Crippen LogP contribution in [0.25, 0.3) is 11.0 Å². The zero-order chi connectivity index (χ0) is 18.8. The van der Waals surface area contributed by atoms with Gasteiger partial charge in [0, 0.05) is 17.0 Å². The van der Waals surface area contributed by atoms with E-state index in [4.69, 9.17) is 25.9 Å². The van der Waals surface area contributed by atoms with E-state index < -0.39 is 23.8 Å². The molecule has 0 unspecified atom stereocenters. The number of carboxylic acid groups (broad SMARTS) is 1. The van der Waals surface area contributed by atoms with Gasteiger partial charge in [-0.15, -0.1) is 0 Å². The minimum Gasteiger partial charge on any atom is -0.489 e. The van der Waals surface area contributed by atoms with E-state index in [1.54, 1.807) is 25.1 Å². The molecule has 0 amide bonds. The summed E-state index contributed by atoms with van der Waals surface area (Å²) in [6.07, 6.45) is -0.397. The van der Waals surface area contributed by atoms with Crippen molar-refractivity contribution in [3.8, 4) is 5.75 Å². The number of hydrogen-bond acceptors (Lipinski definition) is 4. The monoisotopic (exact) mass is 376 g/mol. The second-order valence-electron chi connectivity index (χ2n) is 5.75. The summed E-state index contributed by atoms with van der Waals surface area (Å²) < 4.78 is 23.9. The molecule has 0 aliphatic carbocycles. The fourth-order valence-electron chi connectivity index (χ4n) is 2.62. The molecule has 0 spiro atoms. The molecule has 3 rings (SSSR count). The molecule has 2 aromatic carbocycles. The molecule has 1 aromatic heterocycles. The third-order valence-electron chi connectivity index (χ3n) is 4.00. The first-order chi connectivity index (χ1) is 12.3. The lowest BCUT2D eigenvalue weighted by molar-refractivity contribution is -0.136. The Morgan fingerprint density at radius 3 is 2.73 bits per heavy atom. The molecule has 7 heteroatoms. The molecular weight excluding hydrogens is 363 g/mol. The number of halogens is 2. The van der Waals surface area contributed by atoms with Crippen molar-refractivity contribution in [3.63, 3.8) is 0 Å². The van der Waals surface area contributed by atoms with E-state index in [-0.39, 0.29) is 17.2 Å². The van der Waals surface area contributed by atoms with Crippen molar-refractivity contribution in [1.29, 1.82) is 0 Å². The van der Waals surface area contributed by atoms with Crippen LogP contribution in [0.4, 0.5) is 4.39 Å². The molecule has 0 radical (unpaired) electrons. The van der Waals surface area contributed by atoms with Gasteiger partial charge >= 0.3 is 11.6 Å². The van der Waals surface area contributed by atoms with E-state index in [9.17, 15) is 14.0 Å². The molecule has 0 fully saturated rings. The van der Waals surface area contributed by atoms with E-state index in [0.29, 0.717) is 27.8 Å². The average molecular weight is 377 g/mol. The highest BCUT2D eigenvalue weighted by Gasteiger charge is 2.15. The molecule has 0 saturated carbocycles. The fourth-order valence-corrected chi connectivity index (χ4v) is 2.84. The summed E-state index contributed by atoms with van der Waals surface area (Å²) in [6, 6.07) is 8.94. The number of rotatable bonds is 5. The van der Waals surface area contributed by atoms with Gasteiger partial charge in [-0.1, -0.05) is 17.7 Å². The summed E-state index contributed by atoms with van der Waals surface area (Å²) in [4.78, 5) is 22.9. The average Bonchev–Trinajstić information content (AvgIpc) is 2.57. The smallest absolute Gasteiger partial charge is 0.340 e. The van der Waals surface area contributed by atoms with Crippen LogP contribution in [0.5, 0.6) is 5.75 Å². The summed E-state index contributed by atoms with van der Waals surface area (Å²) in [6.45, 7) is 1.79. The number of benzene rings is 2. The lowest BCUT2D eigenvalue weighted by atomic mass is 10.0. The van der Waals surface area contributed by atoms with Crippen molar-refractivity contribution in [3.05, 3.63) is 74.3 Å². The molecule has 0 aliphatic rings. The number of carbonyl (C=O) groups is 1. The van der Waals surface area contributed by atoms with Crippen LogP contribution >= 0.6 is 11.6 Å². The second-order valence-corrected chi connectivity index (χ2v) is 6.15. The summed E-state index contributed by atoms with van der Waals surface area (Å²) >= 11 is 5.96. The number of ether oxygens (including phenoxy) is 1. The summed E-state index contributed by atoms with van der Waals surface area (Å²) in [5, 5.41) is 9.80. The Morgan fingerprint density at radius 2 is 2.04 bits per heavy atom. The summed E-state index contributed by atoms with van der Waals surface area (Å²) in [7, 11) is 0. The van der Waals surface area contributed by atoms with Gasteiger partial charge in [0.25, 0.3) is 0 Å². The molecule has 0 atom stereocenters. The number of carboxylic acids is 1. The zero-order valence-corrected chi connectivity index (χ0v) is 14.5. The van der Waals surface area contributed by atoms with Gasteiger partial charge in [-0.3, -0.25) is 4.79 Å². The molecule has 5 nitrogen and oxygen atoms in total. The van der Waals surface area contributed by atoms with Crippen LogP contribution in [-0.2, 0) is 17.8 Å². The van der Waals surface area contributed by atoms with Crippen LogP contribution in [-0.4, -0.2) is 11.1 Å². The van der Waals surface area contributed by atoms with Gasteiger partial charge in [0.2, 0.25) is 0 Å². The quantitative estimate of drug-likeness (QED) is 0.678. The van der Waals surface area contributed by atoms with Crippen LogP contribution in [0, 0.1) is 12.7 Å². The fraction of sp³-hybridized carbons (Fsp3) is 0.158. The number of aryl methyl sites for hydroxylation is 1. The molecule has 26 heavy (non-hydrogen) atoms. The van der Waals surface area contributed by atoms with Crippen LogP contribution in [0.2, 0.25) is 5.02 Å². The van der Waals surface area contributed by atoms with Gasteiger partial charge in [0.05, 0.1) is 17.0 Å². The number of aliphatic carboxylic acids is 1. The van der Waals surface area contributed by atoms with Crippen LogP contribution < -0.4 is 10.4 Å². The van der Waals surface area contributed by atoms with Crippen LogP contribution in [0.1, 0.15) is 16.7 Å². The van der Waals surface area contributed by atoms with E-state index in [2.05, 4.69) is 0 Å². The van der Waals surface area contributed by atoms with Crippen molar-refractivity contribution in [2.45, 2.75) is 20.0 Å². The van der Waals surface area contributed by atoms with Gasteiger partial charge in [0.15, 0.2) is 0 Å². The largest absolute Gasteiger partial charge is 0.489 e. The predicted molar refractivity (Wildman–Crippen MR) is 94.3 cm³/mol. The third-order valence-corrected chi connectivity index (χ3v) is 4.35. The highest BCUT2D eigenvalue weighted by molar-refractivity contribution is 6.31. The van der Waals surface area contributed by atoms with E-state index in [0.717, 1.165) is 0 Å². The van der Waals surface area contributed by atoms with E-state index in [1.165, 1.54) is 18.2 Å². The summed E-state index contributed by atoms with van der Waals surface area (Å²) in [5.74, 6) is -1.10. The minimum absolute atomic E-state index is 0.116. The minimum atomic E-state index is -1.10. The Labute approximate surface area is 152 Å². The van der Waals surface area contributed by atoms with Gasteiger partial charge in [-0.25, -0.2) is 9.18 Å². The summed E-state index contributed by atoms with van der Waals surface area (Å²) in [5.41, 5.74) is 0.909. The Bertz CT molecular complexity index is 1060. The van der Waals surface area contributed by atoms with Crippen molar-refractivity contribution >= 4 is 28.5 Å². The Kier molecular flexibility index (Phi) is 4.95. The van der Waals surface area contributed by atoms with Crippen molar-refractivity contribution in [2.24, 2.45) is 0 Å². The van der Waals surface area contributed by atoms with Crippen LogP contribution in [0.3, 0.4) is 0 Å². The molecule has 134 valence electrons. The Morgan fingerprint density at radius 1 is 1.27 bits per heavy atom. The lowest BCUT2D eigenvalue weighted by Crippen LogP contribution is -2.14. The molecule has 1 N–H and O–H groups in total. The normalized spacial score (nSPS) is 10.9. The maximum atomic E-state index is 13.1. The zero-order valence-electron chi connectivity index (χ0n) is 13.7. The molecule has 0 saturated heterocycles. The predicted octanol–water partition coefficient (Wildman–Crippen LogP) is 4.10. The highest BCUT2D eigenvalue weighted by Crippen LogP contribution is 2.26. The van der Waals surface area contributed by atoms with Gasteiger partial charge < -0.3 is 14.3 Å². The van der Waals surface area contributed by atoms with Crippen molar-refractivity contribution < 1.29 is 23.4 Å². The van der Waals surface area contributed by atoms with E-state index in [1.807, 2.05) is 0 Å². The third kappa shape index (κ3) is 3.70. The molecule has 1 heterocycles. The maximum Gasteiger partial charge on any atom is 0.340 e. The SMILES string of the molecule is Cc1c(CC(=O)O)c(=O)oc2cc(OCc3ccc(F)cc3Cl)ccc12. The van der Waals surface area contributed by atoms with E-state index >= 15 is 0 Å². The highest BCUT2D eigenvalue weighted by atomic mass is 35.5. The first-order valence-corrected chi connectivity index (χ1v) is 8.08. The van der Waals surface area contributed by atoms with Crippen molar-refractivity contribution in [1.82, 2.24) is 0 Å². The Balaban J connectivity index is 1.89. The standard InChI is InChI=1S/C19H14ClFO5/c1-10-14-5-4-13(25-9-11-2-3-12(21)6-16(11)20)7-17(14)26-19(24)15(10)8-18(22)23/h2-7H,8-9H2,1H3,(H,22,23). The van der Waals surface area contributed by atoms with Crippen molar-refractivity contribution in [2.75, 3.05) is 0 Å². The molecule has 3 aromatic rings. The number of hydrogen-bond donors (Lipinski definition) is 1. The van der Waals surface area contributed by atoms with Gasteiger partial charge in [0.1, 0.15) is 23.8 Å².